The smallest absolute Gasteiger partial charge is 0.410 e. The molecule has 0 radical (unpaired) electrons. The van der Waals surface area contributed by atoms with Crippen LogP contribution in [0.2, 0.25) is 0 Å². The van der Waals surface area contributed by atoms with Gasteiger partial charge in [-0.05, 0) is 77.0 Å². The summed E-state index contributed by atoms with van der Waals surface area (Å²) in [6, 6.07) is 4.40. The van der Waals surface area contributed by atoms with Crippen LogP contribution in [-0.2, 0) is 19.1 Å². The summed E-state index contributed by atoms with van der Waals surface area (Å²) < 4.78 is 11.7. The quantitative estimate of drug-likeness (QED) is 0.484. The molecule has 0 saturated carbocycles. The third-order valence-corrected chi connectivity index (χ3v) is 9.34. The lowest BCUT2D eigenvalue weighted by molar-refractivity contribution is -0.136. The number of nitrogens with one attached hydrogen (secondary N) is 1. The fourth-order valence-electron chi connectivity index (χ4n) is 6.89. The number of hydrogen-bond acceptors (Lipinski definition) is 9. The first-order chi connectivity index (χ1) is 20.9. The number of ether oxygens (including phenoxy) is 2. The molecule has 0 aliphatic carbocycles. The maximum atomic E-state index is 13.2. The Balaban J connectivity index is 0.932. The van der Waals surface area contributed by atoms with Crippen LogP contribution in [0.25, 0.3) is 0 Å². The molecule has 12 nitrogen and oxygen atoms in total. The summed E-state index contributed by atoms with van der Waals surface area (Å²) in [6.45, 7) is 11.6. The summed E-state index contributed by atoms with van der Waals surface area (Å²) in [5.41, 5.74) is 1.06. The zero-order valence-electron chi connectivity index (χ0n) is 25.9. The molecule has 4 fully saturated rings. The van der Waals surface area contributed by atoms with Crippen LogP contribution in [0.3, 0.4) is 0 Å². The molecule has 0 spiro atoms. The first kappa shape index (κ1) is 30.5. The molecule has 6 rings (SSSR count). The van der Waals surface area contributed by atoms with E-state index in [4.69, 9.17) is 9.47 Å². The molecule has 12 heteroatoms. The van der Waals surface area contributed by atoms with Crippen molar-refractivity contribution in [3.8, 4) is 0 Å². The van der Waals surface area contributed by atoms with Crippen LogP contribution in [0.5, 0.6) is 0 Å². The molecule has 5 aliphatic heterocycles. The number of piperidine rings is 3. The highest BCUT2D eigenvalue weighted by atomic mass is 16.6. The Morgan fingerprint density at radius 2 is 1.57 bits per heavy atom. The van der Waals surface area contributed by atoms with Crippen molar-refractivity contribution in [1.82, 2.24) is 20.0 Å². The zero-order valence-corrected chi connectivity index (χ0v) is 25.9. The van der Waals surface area contributed by atoms with Crippen LogP contribution < -0.4 is 10.2 Å². The van der Waals surface area contributed by atoms with Gasteiger partial charge in [0.05, 0.1) is 36.4 Å². The summed E-state index contributed by atoms with van der Waals surface area (Å²) in [5, 5.41) is 2.24. The van der Waals surface area contributed by atoms with Gasteiger partial charge >= 0.3 is 6.09 Å². The van der Waals surface area contributed by atoms with E-state index >= 15 is 0 Å². The van der Waals surface area contributed by atoms with E-state index in [2.05, 4.69) is 15.1 Å². The minimum atomic E-state index is -0.955. The molecule has 0 bridgehead atoms. The van der Waals surface area contributed by atoms with E-state index in [-0.39, 0.29) is 37.0 Å². The van der Waals surface area contributed by atoms with Crippen molar-refractivity contribution in [1.29, 1.82) is 0 Å². The monoisotopic (exact) mass is 609 g/mol. The molecule has 1 atom stereocenters. The summed E-state index contributed by atoms with van der Waals surface area (Å²) in [4.78, 5) is 69.8. The van der Waals surface area contributed by atoms with Gasteiger partial charge in [0.2, 0.25) is 11.8 Å². The van der Waals surface area contributed by atoms with Crippen LogP contribution in [0.15, 0.2) is 18.2 Å². The number of carbonyl (C=O) groups excluding carboxylic acids is 5. The Kier molecular flexibility index (Phi) is 8.40. The topological polar surface area (TPSA) is 129 Å². The predicted molar refractivity (Wildman–Crippen MR) is 160 cm³/mol. The summed E-state index contributed by atoms with van der Waals surface area (Å²) in [7, 11) is 0. The number of hydrogen-bond donors (Lipinski definition) is 1. The maximum Gasteiger partial charge on any atom is 0.410 e. The van der Waals surface area contributed by atoms with Gasteiger partial charge in [0, 0.05) is 44.8 Å². The number of nitrogens with zero attached hydrogens (tertiary/aromatic N) is 4. The molecule has 1 unspecified atom stereocenters. The van der Waals surface area contributed by atoms with E-state index in [0.717, 1.165) is 69.0 Å². The van der Waals surface area contributed by atoms with Crippen molar-refractivity contribution in [2.24, 2.45) is 5.92 Å². The third kappa shape index (κ3) is 6.46. The van der Waals surface area contributed by atoms with Gasteiger partial charge in [-0.2, -0.15) is 0 Å². The van der Waals surface area contributed by atoms with Gasteiger partial charge in [-0.3, -0.25) is 29.4 Å². The molecule has 1 N–H and O–H groups in total. The lowest BCUT2D eigenvalue weighted by atomic mass is 9.94. The molecule has 5 aliphatic rings. The Bertz CT molecular complexity index is 1320. The summed E-state index contributed by atoms with van der Waals surface area (Å²) in [6.07, 6.45) is 4.41. The highest BCUT2D eigenvalue weighted by molar-refractivity contribution is 6.23. The lowest BCUT2D eigenvalue weighted by Crippen LogP contribution is -2.57. The molecular weight excluding hydrogens is 566 g/mol. The van der Waals surface area contributed by atoms with Crippen molar-refractivity contribution in [3.05, 3.63) is 29.3 Å². The summed E-state index contributed by atoms with van der Waals surface area (Å²) in [5.74, 6) is -1.33. The highest BCUT2D eigenvalue weighted by Crippen LogP contribution is 2.32. The number of imide groups is 2. The number of amides is 5. The highest BCUT2D eigenvalue weighted by Gasteiger charge is 2.45. The fourth-order valence-corrected chi connectivity index (χ4v) is 6.89. The number of carbonyl (C=O) groups is 5. The zero-order chi connectivity index (χ0) is 31.2. The lowest BCUT2D eigenvalue weighted by Gasteiger charge is -2.43. The second-order valence-electron chi connectivity index (χ2n) is 13.8. The molecule has 44 heavy (non-hydrogen) atoms. The Hall–Kier alpha value is -3.51. The number of likely N-dealkylation sites (tertiary alicyclic amines) is 2. The minimum absolute atomic E-state index is 0.0940. The van der Waals surface area contributed by atoms with E-state index in [1.807, 2.05) is 26.8 Å². The van der Waals surface area contributed by atoms with Gasteiger partial charge < -0.3 is 24.2 Å². The average Bonchev–Trinajstić information content (AvgIpc) is 3.19. The first-order valence-corrected chi connectivity index (χ1v) is 15.9. The average molecular weight is 610 g/mol. The standard InChI is InChI=1S/C32H43N5O7/c1-32(2,3)44-31(42)36-18-23(19-36)43-22-10-12-34(13-11-22)17-20-8-14-35(15-9-20)21-4-5-24-25(16-21)30(41)37(29(24)40)26-6-7-27(38)33-28(26)39/h4-5,16,20,22-23,26H,6-15,17-19H2,1-3H3,(H,33,38,39). The van der Waals surface area contributed by atoms with Gasteiger partial charge in [0.25, 0.3) is 11.8 Å². The Morgan fingerprint density at radius 1 is 0.886 bits per heavy atom. The predicted octanol–water partition coefficient (Wildman–Crippen LogP) is 2.40. The second kappa shape index (κ2) is 12.1. The molecule has 1 aromatic carbocycles. The van der Waals surface area contributed by atoms with E-state index < -0.39 is 29.4 Å². The van der Waals surface area contributed by atoms with Crippen LogP contribution in [0, 0.1) is 5.92 Å². The molecule has 0 aromatic heterocycles. The van der Waals surface area contributed by atoms with Crippen molar-refractivity contribution in [3.63, 3.8) is 0 Å². The molecule has 5 heterocycles. The number of rotatable bonds is 6. The van der Waals surface area contributed by atoms with E-state index in [0.29, 0.717) is 30.1 Å². The van der Waals surface area contributed by atoms with Gasteiger partial charge in [0.15, 0.2) is 0 Å². The van der Waals surface area contributed by atoms with Crippen molar-refractivity contribution in [2.75, 3.05) is 50.7 Å². The van der Waals surface area contributed by atoms with Crippen LogP contribution in [0.1, 0.15) is 80.0 Å². The van der Waals surface area contributed by atoms with Gasteiger partial charge in [0.1, 0.15) is 11.6 Å². The van der Waals surface area contributed by atoms with Crippen LogP contribution in [0.4, 0.5) is 10.5 Å². The largest absolute Gasteiger partial charge is 0.444 e. The minimum Gasteiger partial charge on any atom is -0.444 e. The maximum absolute atomic E-state index is 13.2. The van der Waals surface area contributed by atoms with Crippen molar-refractivity contribution in [2.45, 2.75) is 83.1 Å². The molecule has 238 valence electrons. The van der Waals surface area contributed by atoms with Gasteiger partial charge in [-0.25, -0.2) is 4.79 Å². The molecule has 5 amide bonds. The van der Waals surface area contributed by atoms with Gasteiger partial charge in [-0.15, -0.1) is 0 Å². The SMILES string of the molecule is CC(C)(C)OC(=O)N1CC(OC2CCN(CC3CCN(c4ccc5c(c4)C(=O)N(C4CCC(=O)NC4=O)C5=O)CC3)CC2)C1. The normalized spacial score (nSPS) is 24.4. The number of fused-ring (bicyclic) bond motifs is 1. The Morgan fingerprint density at radius 3 is 2.23 bits per heavy atom. The van der Waals surface area contributed by atoms with E-state index in [9.17, 15) is 24.0 Å². The Labute approximate surface area is 258 Å². The third-order valence-electron chi connectivity index (χ3n) is 9.34. The molecule has 1 aromatic rings. The van der Waals surface area contributed by atoms with E-state index in [1.54, 1.807) is 17.0 Å². The second-order valence-corrected chi connectivity index (χ2v) is 13.8. The summed E-state index contributed by atoms with van der Waals surface area (Å²) >= 11 is 0. The molecular formula is C32H43N5O7. The van der Waals surface area contributed by atoms with Crippen LogP contribution >= 0.6 is 0 Å². The number of anilines is 1. The van der Waals surface area contributed by atoms with Gasteiger partial charge in [-0.1, -0.05) is 0 Å². The van der Waals surface area contributed by atoms with Crippen LogP contribution in [-0.4, -0.2) is 114 Å². The fraction of sp³-hybridized carbons (Fsp3) is 0.656. The van der Waals surface area contributed by atoms with Crippen molar-refractivity contribution >= 4 is 35.4 Å². The number of benzene rings is 1. The van der Waals surface area contributed by atoms with Crippen molar-refractivity contribution < 1.29 is 33.4 Å². The first-order valence-electron chi connectivity index (χ1n) is 15.9. The molecule has 4 saturated heterocycles. The van der Waals surface area contributed by atoms with E-state index in [1.165, 1.54) is 0 Å².